The Bertz CT molecular complexity index is 1950. The molecule has 18 N–H and O–H groups in total. The van der Waals surface area contributed by atoms with Crippen molar-refractivity contribution in [1.29, 1.82) is 0 Å². The summed E-state index contributed by atoms with van der Waals surface area (Å²) in [5, 5.41) is 8.85. The molecule has 292 valence electrons. The molecule has 0 atom stereocenters. The van der Waals surface area contributed by atoms with Gasteiger partial charge in [0.1, 0.15) is 40.5 Å². The van der Waals surface area contributed by atoms with Gasteiger partial charge in [-0.2, -0.15) is 0 Å². The van der Waals surface area contributed by atoms with Crippen LogP contribution in [0.3, 0.4) is 0 Å². The summed E-state index contributed by atoms with van der Waals surface area (Å²) in [7, 11) is -19.0. The summed E-state index contributed by atoms with van der Waals surface area (Å²) in [5.74, 6) is -0.167. The second kappa shape index (κ2) is 21.1. The average Bonchev–Trinajstić information content (AvgIpc) is 2.93. The van der Waals surface area contributed by atoms with E-state index < -0.39 is 60.1 Å². The van der Waals surface area contributed by atoms with Crippen LogP contribution < -0.4 is 45.2 Å². The van der Waals surface area contributed by atoms with E-state index in [-0.39, 0.29) is 33.5 Å². The largest absolute Gasteiger partial charge is 0.744 e. The third kappa shape index (κ3) is 19.8. The van der Waals surface area contributed by atoms with Crippen molar-refractivity contribution in [2.24, 2.45) is 22.9 Å². The van der Waals surface area contributed by atoms with Crippen molar-refractivity contribution in [2.45, 2.75) is 59.4 Å². The molecule has 0 spiro atoms. The fourth-order valence-corrected chi connectivity index (χ4v) is 6.15. The average molecular weight is 813 g/mol. The Morgan fingerprint density at radius 2 is 0.577 bits per heavy atom. The second-order valence-electron chi connectivity index (χ2n) is 10.8. The minimum atomic E-state index is -4.74. The molecule has 20 nitrogen and oxygen atoms in total. The molecule has 0 unspecified atom stereocenters. The van der Waals surface area contributed by atoms with E-state index in [4.69, 9.17) is 0 Å². The maximum absolute atomic E-state index is 11.0. The monoisotopic (exact) mass is 812 g/mol. The summed E-state index contributed by atoms with van der Waals surface area (Å²) in [5.41, 5.74) is 25.6. The van der Waals surface area contributed by atoms with E-state index >= 15 is 0 Å². The number of hydrogen-bond donors (Lipinski definition) is 8. The first-order chi connectivity index (χ1) is 23.3. The molecule has 24 heteroatoms. The smallest absolute Gasteiger partial charge is 0.336 e. The molecule has 0 aliphatic rings. The molecule has 0 bridgehead atoms. The van der Waals surface area contributed by atoms with Crippen LogP contribution >= 0.6 is 0 Å². The van der Waals surface area contributed by atoms with Crippen LogP contribution in [0.5, 0.6) is 0 Å². The van der Waals surface area contributed by atoms with Crippen LogP contribution in [0.4, 0.5) is 0 Å². The first-order valence-electron chi connectivity index (χ1n) is 14.2. The Labute approximate surface area is 302 Å². The van der Waals surface area contributed by atoms with E-state index in [1.54, 1.807) is 0 Å². The Kier molecular flexibility index (Phi) is 20.2. The van der Waals surface area contributed by atoms with Gasteiger partial charge < -0.3 is 29.7 Å². The zero-order valence-electron chi connectivity index (χ0n) is 28.5. The van der Waals surface area contributed by atoms with Crippen molar-refractivity contribution in [1.82, 2.24) is 0 Å². The van der Waals surface area contributed by atoms with Gasteiger partial charge in [-0.1, -0.05) is 48.5 Å². The number of quaternary nitrogens is 2. The fourth-order valence-electron chi connectivity index (χ4n) is 3.38. The van der Waals surface area contributed by atoms with E-state index in [0.717, 1.165) is 24.3 Å². The minimum Gasteiger partial charge on any atom is -0.744 e. The molecular weight excluding hydrogens is 769 g/mol. The molecule has 4 aromatic carbocycles. The van der Waals surface area contributed by atoms with Crippen LogP contribution in [0, 0.1) is 0 Å². The van der Waals surface area contributed by atoms with Gasteiger partial charge in [0.05, 0.1) is 31.7 Å². The normalized spacial score (nSPS) is 11.2. The third-order valence-corrected chi connectivity index (χ3v) is 8.34. The quantitative estimate of drug-likeness (QED) is 0.0541. The van der Waals surface area contributed by atoms with Gasteiger partial charge in [-0.05, 0) is 52.0 Å². The van der Waals surface area contributed by atoms with Gasteiger partial charge in [-0.15, -0.1) is 0 Å². The highest BCUT2D eigenvalue weighted by molar-refractivity contribution is 7.87. The summed E-state index contributed by atoms with van der Waals surface area (Å²) in [4.78, 5) is -2.20. The third-order valence-electron chi connectivity index (χ3n) is 4.76. The predicted octanol–water partition coefficient (Wildman–Crippen LogP) is -5.39. The molecule has 0 heterocycles. The van der Waals surface area contributed by atoms with Crippen LogP contribution in [0.25, 0.3) is 21.5 Å². The van der Waals surface area contributed by atoms with Crippen LogP contribution in [-0.4, -0.2) is 75.9 Å². The van der Waals surface area contributed by atoms with Crippen molar-refractivity contribution >= 4 is 73.9 Å². The maximum Gasteiger partial charge on any atom is 0.336 e. The van der Waals surface area contributed by atoms with Gasteiger partial charge in [-0.25, -0.2) is 33.7 Å². The van der Waals surface area contributed by atoms with Gasteiger partial charge in [0.2, 0.25) is 0 Å². The molecule has 0 saturated carbocycles. The van der Waals surface area contributed by atoms with Gasteiger partial charge in [0, 0.05) is 21.5 Å². The Balaban J connectivity index is 0. The maximum atomic E-state index is 11.0. The number of guanidine groups is 2. The number of nitrogens with two attached hydrogens (primary N) is 6. The van der Waals surface area contributed by atoms with Crippen LogP contribution in [-0.2, 0) is 40.5 Å². The predicted molar refractivity (Wildman–Crippen MR) is 186 cm³/mol. The fraction of sp³-hybridized carbons (Fsp3) is 0.214. The SMILES string of the molecule is CC(C)[NH3+].CC(C)[NH3+].NC(N)=[NH2+].NC(N)=[NH2+].O=S(=O)([O-])c1cccc2c(S(=O)(=O)[O-])cccc12.O=S(=O)([O-])c1cccc2c(S(=O)(=O)[O-])cccc12. The lowest BCUT2D eigenvalue weighted by Crippen LogP contribution is -2.57. The van der Waals surface area contributed by atoms with Crippen molar-refractivity contribution < 1.29 is 74.2 Å². The van der Waals surface area contributed by atoms with E-state index in [2.05, 4.69) is 72.9 Å². The minimum absolute atomic E-state index is 0.0792. The molecule has 0 amide bonds. The molecule has 0 aromatic heterocycles. The molecule has 4 aromatic rings. The Hall–Kier alpha value is -4.50. The number of fused-ring (bicyclic) bond motifs is 2. The van der Waals surface area contributed by atoms with Crippen molar-refractivity contribution in [3.8, 4) is 0 Å². The molecule has 0 radical (unpaired) electrons. The lowest BCUT2D eigenvalue weighted by molar-refractivity contribution is -0.408. The molecular formula is C28H44N8O12S4. The molecule has 0 aliphatic heterocycles. The zero-order valence-corrected chi connectivity index (χ0v) is 31.8. The molecule has 52 heavy (non-hydrogen) atoms. The van der Waals surface area contributed by atoms with Gasteiger partial charge in [0.25, 0.3) is 0 Å². The zero-order chi connectivity index (χ0) is 41.4. The van der Waals surface area contributed by atoms with Crippen molar-refractivity contribution in [3.63, 3.8) is 0 Å². The van der Waals surface area contributed by atoms with E-state index in [0.29, 0.717) is 12.1 Å². The number of hydrogen-bond acceptors (Lipinski definition) is 12. The number of rotatable bonds is 4. The van der Waals surface area contributed by atoms with Crippen LogP contribution in [0.15, 0.2) is 92.4 Å². The standard InChI is InChI=1S/2C10H8O6S2.2C3H9N.2CH5N3/c2*11-17(12,13)9-5-1-3-7-8(9)4-2-6-10(7)18(14,15)16;2*1-3(2)4;2*2-1(3)4/h2*1-6H,(H,11,12,13)(H,14,15,16);2*3H,4H2,1-2H3;2*(H5,2,3,4). The highest BCUT2D eigenvalue weighted by Crippen LogP contribution is 2.29. The lowest BCUT2D eigenvalue weighted by Gasteiger charge is -2.14. The lowest BCUT2D eigenvalue weighted by atomic mass is 10.1. The summed E-state index contributed by atoms with van der Waals surface area (Å²) >= 11 is 0. The van der Waals surface area contributed by atoms with E-state index in [1.807, 2.05) is 0 Å². The summed E-state index contributed by atoms with van der Waals surface area (Å²) in [6, 6.07) is 15.3. The van der Waals surface area contributed by atoms with Crippen LogP contribution in [0.2, 0.25) is 0 Å². The highest BCUT2D eigenvalue weighted by atomic mass is 32.2. The number of benzene rings is 4. The topological polar surface area (TPSA) is 439 Å². The first-order valence-corrected chi connectivity index (χ1v) is 19.8. The van der Waals surface area contributed by atoms with Gasteiger partial charge in [-0.3, -0.25) is 33.8 Å². The first kappa shape index (κ1) is 49.6. The molecule has 0 fully saturated rings. The Morgan fingerprint density at radius 1 is 0.462 bits per heavy atom. The van der Waals surface area contributed by atoms with Crippen LogP contribution in [0.1, 0.15) is 27.7 Å². The highest BCUT2D eigenvalue weighted by Gasteiger charge is 2.13. The molecule has 0 saturated heterocycles. The van der Waals surface area contributed by atoms with E-state index in [1.165, 1.54) is 48.5 Å². The molecule has 0 aliphatic carbocycles. The van der Waals surface area contributed by atoms with Gasteiger partial charge in [0.15, 0.2) is 0 Å². The summed E-state index contributed by atoms with van der Waals surface area (Å²) in [6.07, 6.45) is 0. The van der Waals surface area contributed by atoms with E-state index in [9.17, 15) is 51.9 Å². The Morgan fingerprint density at radius 3 is 0.673 bits per heavy atom. The summed E-state index contributed by atoms with van der Waals surface area (Å²) in [6.45, 7) is 8.22. The van der Waals surface area contributed by atoms with Gasteiger partial charge >= 0.3 is 11.9 Å². The second-order valence-corrected chi connectivity index (χ2v) is 16.2. The van der Waals surface area contributed by atoms with Crippen molar-refractivity contribution in [2.75, 3.05) is 0 Å². The van der Waals surface area contributed by atoms with Crippen molar-refractivity contribution in [3.05, 3.63) is 72.8 Å². The summed E-state index contributed by atoms with van der Waals surface area (Å²) < 4.78 is 132. The molecule has 4 rings (SSSR count).